The Hall–Kier alpha value is -0.670. The second-order valence-electron chi connectivity index (χ2n) is 3.25. The van der Waals surface area contributed by atoms with Crippen LogP contribution in [0.1, 0.15) is 5.56 Å². The van der Waals surface area contributed by atoms with Gasteiger partial charge < -0.3 is 10.5 Å². The number of thioether (sulfide) groups is 1. The zero-order valence-electron chi connectivity index (χ0n) is 7.62. The van der Waals surface area contributed by atoms with Crippen molar-refractivity contribution in [1.29, 1.82) is 0 Å². The van der Waals surface area contributed by atoms with Gasteiger partial charge in [-0.3, -0.25) is 0 Å². The largest absolute Gasteiger partial charge is 0.497 e. The molecule has 1 atom stereocenters. The Balaban J connectivity index is 2.32. The predicted octanol–water partition coefficient (Wildman–Crippen LogP) is 1.67. The van der Waals surface area contributed by atoms with Gasteiger partial charge in [-0.05, 0) is 30.2 Å². The molecule has 2 nitrogen and oxygen atoms in total. The van der Waals surface area contributed by atoms with Crippen LogP contribution in [0.15, 0.2) is 23.1 Å². The minimum Gasteiger partial charge on any atom is -0.497 e. The third-order valence-electron chi connectivity index (χ3n) is 2.20. The van der Waals surface area contributed by atoms with Gasteiger partial charge in [-0.15, -0.1) is 11.8 Å². The van der Waals surface area contributed by atoms with Gasteiger partial charge in [0, 0.05) is 16.7 Å². The zero-order chi connectivity index (χ0) is 9.26. The molecule has 0 radical (unpaired) electrons. The minimum atomic E-state index is 0.296. The molecule has 0 spiro atoms. The fourth-order valence-corrected chi connectivity index (χ4v) is 2.52. The second kappa shape index (κ2) is 3.60. The molecule has 3 heteroatoms. The van der Waals surface area contributed by atoms with Crippen LogP contribution in [0.4, 0.5) is 0 Å². The zero-order valence-corrected chi connectivity index (χ0v) is 8.43. The Morgan fingerprint density at radius 1 is 1.54 bits per heavy atom. The molecule has 2 N–H and O–H groups in total. The number of ether oxygens (including phenoxy) is 1. The Kier molecular flexibility index (Phi) is 2.47. The van der Waals surface area contributed by atoms with E-state index in [4.69, 9.17) is 10.5 Å². The van der Waals surface area contributed by atoms with Gasteiger partial charge in [-0.2, -0.15) is 0 Å². The van der Waals surface area contributed by atoms with Gasteiger partial charge in [-0.1, -0.05) is 0 Å². The fraction of sp³-hybridized carbons (Fsp3) is 0.400. The van der Waals surface area contributed by atoms with Crippen LogP contribution in [-0.2, 0) is 6.42 Å². The Labute approximate surface area is 82.5 Å². The van der Waals surface area contributed by atoms with Gasteiger partial charge >= 0.3 is 0 Å². The summed E-state index contributed by atoms with van der Waals surface area (Å²) in [6.45, 7) is 0. The van der Waals surface area contributed by atoms with E-state index in [9.17, 15) is 0 Å². The summed E-state index contributed by atoms with van der Waals surface area (Å²) in [6.07, 6.45) is 0.972. The van der Waals surface area contributed by atoms with Crippen molar-refractivity contribution in [3.63, 3.8) is 0 Å². The van der Waals surface area contributed by atoms with Crippen molar-refractivity contribution in [1.82, 2.24) is 0 Å². The lowest BCUT2D eigenvalue weighted by atomic mass is 10.1. The summed E-state index contributed by atoms with van der Waals surface area (Å²) in [5, 5.41) is 0. The minimum absolute atomic E-state index is 0.296. The third-order valence-corrected chi connectivity index (χ3v) is 3.51. The molecule has 70 valence electrons. The maximum Gasteiger partial charge on any atom is 0.119 e. The average Bonchev–Trinajstić information content (AvgIpc) is 2.16. The molecule has 1 aliphatic heterocycles. The fourth-order valence-electron chi connectivity index (χ4n) is 1.52. The summed E-state index contributed by atoms with van der Waals surface area (Å²) in [5.74, 6) is 1.95. The standard InChI is InChI=1S/C10H13NOS/c1-12-9-2-3-10-7(5-9)4-8(11)6-13-10/h2-3,5,8H,4,6,11H2,1H3. The van der Waals surface area contributed by atoms with Gasteiger partial charge in [0.05, 0.1) is 7.11 Å². The second-order valence-corrected chi connectivity index (χ2v) is 4.31. The Morgan fingerprint density at radius 3 is 3.15 bits per heavy atom. The lowest BCUT2D eigenvalue weighted by Gasteiger charge is -2.21. The smallest absolute Gasteiger partial charge is 0.119 e. The SMILES string of the molecule is COc1ccc2c(c1)CC(N)CS2. The lowest BCUT2D eigenvalue weighted by Crippen LogP contribution is -2.28. The molecule has 1 aromatic rings. The van der Waals surface area contributed by atoms with Crippen molar-refractivity contribution >= 4 is 11.8 Å². The van der Waals surface area contributed by atoms with Crippen molar-refractivity contribution < 1.29 is 4.74 Å². The van der Waals surface area contributed by atoms with Crippen LogP contribution in [0, 0.1) is 0 Å². The summed E-state index contributed by atoms with van der Waals surface area (Å²) in [5.41, 5.74) is 7.20. The van der Waals surface area contributed by atoms with Crippen LogP contribution >= 0.6 is 11.8 Å². The first kappa shape index (κ1) is 8.91. The molecule has 1 aromatic carbocycles. The molecule has 1 heterocycles. The molecule has 0 saturated heterocycles. The van der Waals surface area contributed by atoms with E-state index in [-0.39, 0.29) is 0 Å². The normalized spacial score (nSPS) is 20.9. The van der Waals surface area contributed by atoms with Crippen molar-refractivity contribution in [3.05, 3.63) is 23.8 Å². The molecule has 2 rings (SSSR count). The van der Waals surface area contributed by atoms with Gasteiger partial charge in [0.15, 0.2) is 0 Å². The van der Waals surface area contributed by atoms with Crippen LogP contribution in [0.5, 0.6) is 5.75 Å². The number of hydrogen-bond donors (Lipinski definition) is 1. The molecule has 13 heavy (non-hydrogen) atoms. The monoisotopic (exact) mass is 195 g/mol. The first-order valence-electron chi connectivity index (χ1n) is 4.35. The highest BCUT2D eigenvalue weighted by Crippen LogP contribution is 2.31. The molecule has 0 aliphatic carbocycles. The summed E-state index contributed by atoms with van der Waals surface area (Å²) < 4.78 is 5.17. The van der Waals surface area contributed by atoms with E-state index in [2.05, 4.69) is 12.1 Å². The van der Waals surface area contributed by atoms with Crippen molar-refractivity contribution in [3.8, 4) is 5.75 Å². The van der Waals surface area contributed by atoms with Crippen LogP contribution in [0.3, 0.4) is 0 Å². The molecular weight excluding hydrogens is 182 g/mol. The average molecular weight is 195 g/mol. The summed E-state index contributed by atoms with van der Waals surface area (Å²) in [7, 11) is 1.69. The topological polar surface area (TPSA) is 35.2 Å². The summed E-state index contributed by atoms with van der Waals surface area (Å²) in [6, 6.07) is 6.50. The quantitative estimate of drug-likeness (QED) is 0.740. The van der Waals surface area contributed by atoms with Gasteiger partial charge in [-0.25, -0.2) is 0 Å². The van der Waals surface area contributed by atoms with Crippen LogP contribution in [0.2, 0.25) is 0 Å². The number of nitrogens with two attached hydrogens (primary N) is 1. The van der Waals surface area contributed by atoms with E-state index in [1.165, 1.54) is 10.5 Å². The molecule has 0 aromatic heterocycles. The highest BCUT2D eigenvalue weighted by atomic mass is 32.2. The number of hydrogen-bond acceptors (Lipinski definition) is 3. The molecule has 1 unspecified atom stereocenters. The number of fused-ring (bicyclic) bond motifs is 1. The van der Waals surface area contributed by atoms with E-state index < -0.39 is 0 Å². The maximum atomic E-state index is 5.88. The molecule has 0 saturated carbocycles. The Bertz CT molecular complexity index is 314. The van der Waals surface area contributed by atoms with Gasteiger partial charge in [0.25, 0.3) is 0 Å². The highest BCUT2D eigenvalue weighted by Gasteiger charge is 2.15. The van der Waals surface area contributed by atoms with E-state index in [0.717, 1.165) is 17.9 Å². The van der Waals surface area contributed by atoms with Crippen molar-refractivity contribution in [2.24, 2.45) is 5.73 Å². The van der Waals surface area contributed by atoms with Crippen molar-refractivity contribution in [2.45, 2.75) is 17.4 Å². The van der Waals surface area contributed by atoms with E-state index in [0.29, 0.717) is 6.04 Å². The summed E-state index contributed by atoms with van der Waals surface area (Å²) >= 11 is 1.84. The maximum absolute atomic E-state index is 5.88. The van der Waals surface area contributed by atoms with E-state index in [1.54, 1.807) is 7.11 Å². The molecular formula is C10H13NOS. The molecule has 0 bridgehead atoms. The highest BCUT2D eigenvalue weighted by molar-refractivity contribution is 7.99. The molecule has 0 amide bonds. The Morgan fingerprint density at radius 2 is 2.38 bits per heavy atom. The first-order valence-corrected chi connectivity index (χ1v) is 5.33. The van der Waals surface area contributed by atoms with Gasteiger partial charge in [0.1, 0.15) is 5.75 Å². The predicted molar refractivity (Wildman–Crippen MR) is 55.4 cm³/mol. The molecule has 1 aliphatic rings. The molecule has 0 fully saturated rings. The van der Waals surface area contributed by atoms with E-state index in [1.807, 2.05) is 17.8 Å². The number of rotatable bonds is 1. The van der Waals surface area contributed by atoms with Crippen LogP contribution < -0.4 is 10.5 Å². The lowest BCUT2D eigenvalue weighted by molar-refractivity contribution is 0.413. The van der Waals surface area contributed by atoms with Crippen LogP contribution in [-0.4, -0.2) is 18.9 Å². The van der Waals surface area contributed by atoms with E-state index >= 15 is 0 Å². The third kappa shape index (κ3) is 1.81. The van der Waals surface area contributed by atoms with Crippen molar-refractivity contribution in [2.75, 3.05) is 12.9 Å². The summed E-state index contributed by atoms with van der Waals surface area (Å²) in [4.78, 5) is 1.35. The van der Waals surface area contributed by atoms with Crippen LogP contribution in [0.25, 0.3) is 0 Å². The number of benzene rings is 1. The number of methoxy groups -OCH3 is 1. The van der Waals surface area contributed by atoms with Gasteiger partial charge in [0.2, 0.25) is 0 Å². The first-order chi connectivity index (χ1) is 6.29.